The number of hydrogen-bond acceptors (Lipinski definition) is 15. The van der Waals surface area contributed by atoms with Crippen LogP contribution in [-0.4, -0.2) is 56.3 Å². The number of benzene rings is 6. The Morgan fingerprint density at radius 1 is 0.547 bits per heavy atom. The first-order valence-electron chi connectivity index (χ1n) is 18.5. The van der Waals surface area contributed by atoms with Gasteiger partial charge in [-0.25, -0.2) is 25.2 Å². The van der Waals surface area contributed by atoms with Crippen LogP contribution in [0.1, 0.15) is 26.3 Å². The molecular formula is C44H39FN6O13. The smallest absolute Gasteiger partial charge is 0.332 e. The number of hydrazine groups is 1. The third kappa shape index (κ3) is 14.9. The fraction of sp³-hybridized carbons (Fsp3) is 0.0682. The number of carbonyl (C=O) groups is 4. The molecule has 0 unspecified atom stereocenters. The van der Waals surface area contributed by atoms with Gasteiger partial charge < -0.3 is 54.5 Å². The van der Waals surface area contributed by atoms with Gasteiger partial charge in [0.1, 0.15) is 47.1 Å². The lowest BCUT2D eigenvalue weighted by Gasteiger charge is -2.06. The maximum atomic E-state index is 12.1. The molecule has 19 nitrogen and oxygen atoms in total. The summed E-state index contributed by atoms with van der Waals surface area (Å²) >= 11 is 0. The van der Waals surface area contributed by atoms with Crippen LogP contribution in [0.3, 0.4) is 0 Å². The molecular weight excluding hydrogens is 840 g/mol. The number of nitrogens with one attached hydrogen (secondary N) is 2. The second kappa shape index (κ2) is 23.7. The topological polar surface area (TPSA) is 277 Å². The van der Waals surface area contributed by atoms with Gasteiger partial charge in [-0.3, -0.25) is 15.0 Å². The molecule has 0 saturated carbocycles. The Morgan fingerprint density at radius 3 is 1.34 bits per heavy atom. The molecule has 20 heteroatoms. The number of aldehydes is 2. The van der Waals surface area contributed by atoms with Crippen molar-refractivity contribution in [1.82, 2.24) is 10.9 Å². The van der Waals surface area contributed by atoms with Gasteiger partial charge in [0, 0.05) is 29.3 Å². The predicted molar refractivity (Wildman–Crippen MR) is 227 cm³/mol. The molecule has 6 aromatic rings. The second-order valence-corrected chi connectivity index (χ2v) is 12.4. The van der Waals surface area contributed by atoms with Gasteiger partial charge in [-0.15, -0.1) is 0 Å². The molecule has 9 N–H and O–H groups in total. The summed E-state index contributed by atoms with van der Waals surface area (Å²) in [6.07, 6.45) is 2.96. The first-order valence-corrected chi connectivity index (χ1v) is 18.5. The number of urea groups is 2. The Hall–Kier alpha value is -9.04. The number of carbonyl (C=O) groups excluding carboxylic acids is 4. The average Bonchev–Trinajstić information content (AvgIpc) is 4.10. The number of phenols is 1. The summed E-state index contributed by atoms with van der Waals surface area (Å²) in [4.78, 5) is 40.4. The molecule has 0 bridgehead atoms. The van der Waals surface area contributed by atoms with Crippen LogP contribution in [0.2, 0.25) is 0 Å². The highest BCUT2D eigenvalue weighted by Gasteiger charge is 2.15. The van der Waals surface area contributed by atoms with Crippen molar-refractivity contribution >= 4 is 30.8 Å². The monoisotopic (exact) mass is 878 g/mol. The van der Waals surface area contributed by atoms with Crippen LogP contribution in [-0.2, 0) is 0 Å². The largest absolute Gasteiger partial charge is 0.508 e. The van der Waals surface area contributed by atoms with Gasteiger partial charge in [0.15, 0.2) is 34.5 Å². The molecule has 6 aromatic carbocycles. The van der Waals surface area contributed by atoms with Crippen molar-refractivity contribution in [3.05, 3.63) is 150 Å². The Kier molecular flexibility index (Phi) is 17.0. The standard InChI is InChI=1S/C15H13N3O4.C14H10O4.C7H5FO.C7H6O3.CH5N3O/c16-15(19)18-17-8-10-1-3-11(4-2-10)22-12-5-6-13-14(7-12)21-9-20-13;15-8-10-1-3-11(4-2-10)18-12-5-6-13-14(7-12)17-9-16-13;8-7-3-1-6(5-9)2-4-7;8-5-1-2-6-7(3-5)10-4-9-6;2-1(5)4-3/h1-8H,9H2,(H3,16,18,19);1-8H,9H2;1-5H;1-3,8H,4H2;3H2,(H3,2,4,5)/b17-8+;;;;. The summed E-state index contributed by atoms with van der Waals surface area (Å²) in [6.45, 7) is 0.720. The van der Waals surface area contributed by atoms with Gasteiger partial charge in [0.25, 0.3) is 0 Å². The number of rotatable bonds is 8. The normalized spacial score (nSPS) is 11.6. The molecule has 3 heterocycles. The van der Waals surface area contributed by atoms with Crippen LogP contribution in [0.5, 0.6) is 63.2 Å². The van der Waals surface area contributed by atoms with Crippen molar-refractivity contribution in [2.24, 2.45) is 22.4 Å². The van der Waals surface area contributed by atoms with Crippen LogP contribution < -0.4 is 66.1 Å². The van der Waals surface area contributed by atoms with Gasteiger partial charge in [-0.2, -0.15) is 5.10 Å². The molecule has 0 saturated heterocycles. The van der Waals surface area contributed by atoms with Gasteiger partial charge >= 0.3 is 12.1 Å². The summed E-state index contributed by atoms with van der Waals surface area (Å²) in [6, 6.07) is 33.6. The maximum Gasteiger partial charge on any atom is 0.332 e. The lowest BCUT2D eigenvalue weighted by molar-refractivity contribution is 0.111. The first-order chi connectivity index (χ1) is 31.0. The number of nitrogens with two attached hydrogens (primary N) is 3. The molecule has 0 aromatic heterocycles. The number of primary amides is 2. The number of fused-ring (bicyclic) bond motifs is 3. The summed E-state index contributed by atoms with van der Waals surface area (Å²) in [7, 11) is 0. The van der Waals surface area contributed by atoms with Gasteiger partial charge in [0.05, 0.1) is 6.21 Å². The highest BCUT2D eigenvalue weighted by Crippen LogP contribution is 2.38. The maximum absolute atomic E-state index is 12.1. The molecule has 0 atom stereocenters. The highest BCUT2D eigenvalue weighted by atomic mass is 19.1. The average molecular weight is 879 g/mol. The molecule has 3 aliphatic heterocycles. The molecule has 64 heavy (non-hydrogen) atoms. The Balaban J connectivity index is 0.000000163. The van der Waals surface area contributed by atoms with Gasteiger partial charge in [0.2, 0.25) is 20.4 Å². The minimum absolute atomic E-state index is 0.198. The number of ether oxygens (including phenoxy) is 8. The molecule has 0 fully saturated rings. The Labute approximate surface area is 363 Å². The van der Waals surface area contributed by atoms with E-state index in [1.54, 1.807) is 102 Å². The van der Waals surface area contributed by atoms with Crippen molar-refractivity contribution in [2.45, 2.75) is 0 Å². The van der Waals surface area contributed by atoms with E-state index in [4.69, 9.17) is 48.7 Å². The van der Waals surface area contributed by atoms with Crippen molar-refractivity contribution in [2.75, 3.05) is 20.4 Å². The van der Waals surface area contributed by atoms with Crippen molar-refractivity contribution in [1.29, 1.82) is 0 Å². The second-order valence-electron chi connectivity index (χ2n) is 12.4. The van der Waals surface area contributed by atoms with E-state index in [0.717, 1.165) is 17.6 Å². The van der Waals surface area contributed by atoms with Crippen molar-refractivity contribution < 1.29 is 66.6 Å². The molecule has 0 radical (unpaired) electrons. The zero-order valence-corrected chi connectivity index (χ0v) is 33.4. The van der Waals surface area contributed by atoms with Crippen LogP contribution in [0.15, 0.2) is 132 Å². The number of halogens is 1. The lowest BCUT2D eigenvalue weighted by atomic mass is 10.2. The molecule has 9 rings (SSSR count). The minimum Gasteiger partial charge on any atom is -0.508 e. The molecule has 330 valence electrons. The number of amides is 4. The van der Waals surface area contributed by atoms with E-state index in [1.807, 2.05) is 0 Å². The first kappa shape index (κ1) is 46.0. The summed E-state index contributed by atoms with van der Waals surface area (Å²) in [5.74, 6) is 11.1. The third-order valence-corrected chi connectivity index (χ3v) is 7.95. The van der Waals surface area contributed by atoms with E-state index in [1.165, 1.54) is 36.5 Å². The van der Waals surface area contributed by atoms with E-state index >= 15 is 0 Å². The van der Waals surface area contributed by atoms with E-state index in [2.05, 4.69) is 22.1 Å². The lowest BCUT2D eigenvalue weighted by Crippen LogP contribution is -2.34. The zero-order valence-electron chi connectivity index (χ0n) is 33.4. The van der Waals surface area contributed by atoms with Crippen LogP contribution in [0.4, 0.5) is 14.0 Å². The molecule has 3 aliphatic rings. The zero-order chi connectivity index (χ0) is 45.7. The fourth-order valence-electron chi connectivity index (χ4n) is 4.99. The van der Waals surface area contributed by atoms with Gasteiger partial charge in [-0.1, -0.05) is 0 Å². The molecule has 0 aliphatic carbocycles. The van der Waals surface area contributed by atoms with E-state index in [9.17, 15) is 23.6 Å². The third-order valence-electron chi connectivity index (χ3n) is 7.95. The Bertz CT molecular complexity index is 2530. The molecule has 0 spiro atoms. The number of nitrogens with zero attached hydrogens (tertiary/aromatic N) is 1. The minimum atomic E-state index is -0.718. The van der Waals surface area contributed by atoms with E-state index in [0.29, 0.717) is 69.2 Å². The van der Waals surface area contributed by atoms with E-state index < -0.39 is 12.1 Å². The SMILES string of the molecule is NC(=O)N/N=C/c1ccc(Oc2ccc3c(c2)OCO3)cc1.NNC(N)=O.O=Cc1ccc(F)cc1.O=Cc1ccc(Oc2ccc3c(c2)OCO3)cc1.Oc1ccc2c(c1)OCO2. The molecule has 4 amide bonds. The number of phenolic OH excluding ortho intramolecular Hbond substituents is 1. The highest BCUT2D eigenvalue weighted by molar-refractivity contribution is 5.81. The van der Waals surface area contributed by atoms with Crippen LogP contribution in [0, 0.1) is 5.82 Å². The van der Waals surface area contributed by atoms with Crippen LogP contribution in [0.25, 0.3) is 0 Å². The van der Waals surface area contributed by atoms with Crippen molar-refractivity contribution in [3.63, 3.8) is 0 Å². The fourth-order valence-corrected chi connectivity index (χ4v) is 4.99. The summed E-state index contributed by atoms with van der Waals surface area (Å²) < 4.78 is 54.5. The summed E-state index contributed by atoms with van der Waals surface area (Å²) in [5, 5.41) is 12.6. The Morgan fingerprint density at radius 2 is 0.922 bits per heavy atom. The van der Waals surface area contributed by atoms with Gasteiger partial charge in [-0.05, 0) is 115 Å². The van der Waals surface area contributed by atoms with E-state index in [-0.39, 0.29) is 31.9 Å². The number of hydrogen-bond donors (Lipinski definition) is 6. The summed E-state index contributed by atoms with van der Waals surface area (Å²) in [5.41, 5.74) is 15.0. The number of aromatic hydroxyl groups is 1. The quantitative estimate of drug-likeness (QED) is 0.0312. The van der Waals surface area contributed by atoms with Crippen molar-refractivity contribution in [3.8, 4) is 63.2 Å². The van der Waals surface area contributed by atoms with Crippen LogP contribution >= 0.6 is 0 Å². The predicted octanol–water partition coefficient (Wildman–Crippen LogP) is 6.52. The number of hydrazone groups is 1.